The summed E-state index contributed by atoms with van der Waals surface area (Å²) in [6, 6.07) is 6.21. The highest BCUT2D eigenvalue weighted by Gasteiger charge is 2.29. The number of aliphatic carboxylic acids is 1. The van der Waals surface area contributed by atoms with Crippen molar-refractivity contribution in [1.29, 1.82) is 0 Å². The van der Waals surface area contributed by atoms with Crippen LogP contribution in [-0.4, -0.2) is 78.6 Å². The summed E-state index contributed by atoms with van der Waals surface area (Å²) in [4.78, 5) is 24.8. The molecule has 1 unspecified atom stereocenters. The third kappa shape index (κ3) is 7.11. The summed E-state index contributed by atoms with van der Waals surface area (Å²) in [5, 5.41) is 19.4. The zero-order chi connectivity index (χ0) is 24.6. The molecule has 2 saturated heterocycles. The standard InChI is InChI=1S/C24H34N2O7S/c27-22(19-6-5-7-21(18-19)34(31,32)25-14-16-33-17-15-25)11-9-20-10-12-23(28)26(20)13-4-2-1-3-8-24(29)30/h5-7,9,11,18,20,22,27H,1-4,8,10,12-17H2,(H,29,30)/b11-9+/t20?,22-/m1/s1. The number of carbonyl (C=O) groups excluding carboxylic acids is 1. The molecule has 10 heteroatoms. The average molecular weight is 495 g/mol. The molecule has 2 N–H and O–H groups in total. The average Bonchev–Trinajstić information content (AvgIpc) is 3.19. The Hall–Kier alpha value is -2.27. The zero-order valence-corrected chi connectivity index (χ0v) is 20.2. The second kappa shape index (κ2) is 12.4. The van der Waals surface area contributed by atoms with Gasteiger partial charge in [0.1, 0.15) is 0 Å². The Balaban J connectivity index is 1.57. The number of amides is 1. The Morgan fingerprint density at radius 3 is 2.65 bits per heavy atom. The van der Waals surface area contributed by atoms with Gasteiger partial charge >= 0.3 is 5.97 Å². The second-order valence-corrected chi connectivity index (χ2v) is 10.6. The Morgan fingerprint density at radius 1 is 1.18 bits per heavy atom. The van der Waals surface area contributed by atoms with Crippen molar-refractivity contribution in [3.63, 3.8) is 0 Å². The molecule has 0 aromatic heterocycles. The maximum Gasteiger partial charge on any atom is 0.303 e. The van der Waals surface area contributed by atoms with Crippen molar-refractivity contribution in [2.24, 2.45) is 0 Å². The monoisotopic (exact) mass is 494 g/mol. The molecule has 0 bridgehead atoms. The highest BCUT2D eigenvalue weighted by atomic mass is 32.2. The van der Waals surface area contributed by atoms with E-state index in [1.54, 1.807) is 23.1 Å². The van der Waals surface area contributed by atoms with Crippen LogP contribution in [0.1, 0.15) is 56.6 Å². The molecular formula is C24H34N2O7S. The second-order valence-electron chi connectivity index (χ2n) is 8.67. The molecule has 0 aliphatic carbocycles. The van der Waals surface area contributed by atoms with Crippen LogP contribution >= 0.6 is 0 Å². The molecule has 2 atom stereocenters. The number of sulfonamides is 1. The fourth-order valence-electron chi connectivity index (χ4n) is 4.30. The summed E-state index contributed by atoms with van der Waals surface area (Å²) in [5.41, 5.74) is 0.472. The highest BCUT2D eigenvalue weighted by Crippen LogP contribution is 2.25. The van der Waals surface area contributed by atoms with Crippen LogP contribution in [-0.2, 0) is 24.3 Å². The molecule has 2 aliphatic heterocycles. The van der Waals surface area contributed by atoms with Crippen LogP contribution in [0.3, 0.4) is 0 Å². The largest absolute Gasteiger partial charge is 0.481 e. The van der Waals surface area contributed by atoms with Crippen molar-refractivity contribution in [2.75, 3.05) is 32.8 Å². The number of carbonyl (C=O) groups is 2. The van der Waals surface area contributed by atoms with Crippen molar-refractivity contribution >= 4 is 21.9 Å². The minimum absolute atomic E-state index is 0.0771. The van der Waals surface area contributed by atoms with Gasteiger partial charge in [-0.1, -0.05) is 37.1 Å². The van der Waals surface area contributed by atoms with Crippen LogP contribution < -0.4 is 0 Å². The van der Waals surface area contributed by atoms with Crippen LogP contribution in [0, 0.1) is 0 Å². The van der Waals surface area contributed by atoms with Gasteiger partial charge in [0, 0.05) is 32.5 Å². The summed E-state index contributed by atoms with van der Waals surface area (Å²) < 4.78 is 32.4. The summed E-state index contributed by atoms with van der Waals surface area (Å²) >= 11 is 0. The molecule has 9 nitrogen and oxygen atoms in total. The molecule has 1 aromatic carbocycles. The first-order chi connectivity index (χ1) is 16.3. The first-order valence-electron chi connectivity index (χ1n) is 11.8. The van der Waals surface area contributed by atoms with Crippen LogP contribution in [0.25, 0.3) is 0 Å². The number of benzene rings is 1. The minimum Gasteiger partial charge on any atom is -0.481 e. The first kappa shape index (κ1) is 26.3. The molecule has 1 amide bonds. The van der Waals surface area contributed by atoms with Crippen molar-refractivity contribution in [3.05, 3.63) is 42.0 Å². The van der Waals surface area contributed by atoms with Crippen molar-refractivity contribution in [1.82, 2.24) is 9.21 Å². The van der Waals surface area contributed by atoms with Gasteiger partial charge in [-0.3, -0.25) is 9.59 Å². The first-order valence-corrected chi connectivity index (χ1v) is 13.3. The van der Waals surface area contributed by atoms with Gasteiger partial charge in [-0.25, -0.2) is 8.42 Å². The fraction of sp³-hybridized carbons (Fsp3) is 0.583. The zero-order valence-electron chi connectivity index (χ0n) is 19.3. The maximum atomic E-state index is 12.9. The normalized spacial score (nSPS) is 20.8. The predicted molar refractivity (Wildman–Crippen MR) is 126 cm³/mol. The summed E-state index contributed by atoms with van der Waals surface area (Å²) in [6.45, 7) is 1.94. The van der Waals surface area contributed by atoms with Crippen molar-refractivity contribution in [2.45, 2.75) is 62.0 Å². The number of ether oxygens (including phenoxy) is 1. The summed E-state index contributed by atoms with van der Waals surface area (Å²) in [5.74, 6) is -0.712. The number of carboxylic acids is 1. The minimum atomic E-state index is -3.65. The van der Waals surface area contributed by atoms with E-state index in [-0.39, 0.29) is 23.3 Å². The summed E-state index contributed by atoms with van der Waals surface area (Å²) in [6.07, 6.45) is 6.86. The molecule has 0 radical (unpaired) electrons. The van der Waals surface area contributed by atoms with Crippen molar-refractivity contribution in [3.8, 4) is 0 Å². The lowest BCUT2D eigenvalue weighted by Gasteiger charge is -2.26. The van der Waals surface area contributed by atoms with E-state index in [1.165, 1.54) is 16.4 Å². The lowest BCUT2D eigenvalue weighted by atomic mass is 10.1. The number of rotatable bonds is 12. The third-order valence-corrected chi connectivity index (χ3v) is 8.13. The molecule has 34 heavy (non-hydrogen) atoms. The maximum absolute atomic E-state index is 12.9. The number of hydrogen-bond acceptors (Lipinski definition) is 6. The number of nitrogens with zero attached hydrogens (tertiary/aromatic N) is 2. The number of unbranched alkanes of at least 4 members (excludes halogenated alkanes) is 3. The molecule has 2 aliphatic rings. The number of hydrogen-bond donors (Lipinski definition) is 2. The van der Waals surface area contributed by atoms with E-state index in [1.807, 2.05) is 6.08 Å². The highest BCUT2D eigenvalue weighted by molar-refractivity contribution is 7.89. The molecule has 1 aromatic rings. The molecular weight excluding hydrogens is 460 g/mol. The van der Waals surface area contributed by atoms with E-state index in [9.17, 15) is 23.1 Å². The molecule has 2 fully saturated rings. The van der Waals surface area contributed by atoms with Gasteiger partial charge in [-0.05, 0) is 37.0 Å². The molecule has 0 spiro atoms. The third-order valence-electron chi connectivity index (χ3n) is 6.24. The lowest BCUT2D eigenvalue weighted by Crippen LogP contribution is -2.40. The van der Waals surface area contributed by atoms with Crippen LogP contribution in [0.5, 0.6) is 0 Å². The Morgan fingerprint density at radius 2 is 1.91 bits per heavy atom. The topological polar surface area (TPSA) is 124 Å². The number of aliphatic hydroxyl groups excluding tert-OH is 1. The SMILES string of the molecule is O=C(O)CCCCCCN1C(=O)CCC1/C=C/[C@@H](O)c1cccc(S(=O)(=O)N2CCOCC2)c1. The van der Waals surface area contributed by atoms with Crippen molar-refractivity contribution < 1.29 is 33.0 Å². The van der Waals surface area contributed by atoms with E-state index in [0.29, 0.717) is 57.7 Å². The van der Waals surface area contributed by atoms with Gasteiger partial charge in [-0.15, -0.1) is 0 Å². The van der Waals surface area contributed by atoms with Gasteiger partial charge < -0.3 is 19.8 Å². The predicted octanol–water partition coefficient (Wildman–Crippen LogP) is 2.32. The quantitative estimate of drug-likeness (QED) is 0.337. The van der Waals surface area contributed by atoms with E-state index in [2.05, 4.69) is 0 Å². The number of carboxylic acid groups (broad SMARTS) is 1. The van der Waals surface area contributed by atoms with Gasteiger partial charge in [0.2, 0.25) is 15.9 Å². The van der Waals surface area contributed by atoms with Gasteiger partial charge in [0.25, 0.3) is 0 Å². The smallest absolute Gasteiger partial charge is 0.303 e. The Kier molecular flexibility index (Phi) is 9.63. The van der Waals surface area contributed by atoms with E-state index in [0.717, 1.165) is 19.3 Å². The fourth-order valence-corrected chi connectivity index (χ4v) is 5.76. The summed E-state index contributed by atoms with van der Waals surface area (Å²) in [7, 11) is -3.65. The van der Waals surface area contributed by atoms with Gasteiger partial charge in [0.05, 0.1) is 30.3 Å². The number of likely N-dealkylation sites (tertiary alicyclic amines) is 1. The van der Waals surface area contributed by atoms with E-state index >= 15 is 0 Å². The molecule has 0 saturated carbocycles. The van der Waals surface area contributed by atoms with Crippen LogP contribution in [0.15, 0.2) is 41.3 Å². The van der Waals surface area contributed by atoms with Gasteiger partial charge in [0.15, 0.2) is 0 Å². The van der Waals surface area contributed by atoms with Crippen LogP contribution in [0.2, 0.25) is 0 Å². The van der Waals surface area contributed by atoms with Crippen LogP contribution in [0.4, 0.5) is 0 Å². The molecule has 188 valence electrons. The number of morpholine rings is 1. The van der Waals surface area contributed by atoms with E-state index in [4.69, 9.17) is 9.84 Å². The van der Waals surface area contributed by atoms with Gasteiger partial charge in [-0.2, -0.15) is 4.31 Å². The number of aliphatic hydroxyl groups is 1. The van der Waals surface area contributed by atoms with E-state index < -0.39 is 22.1 Å². The Labute approximate surface area is 201 Å². The molecule has 2 heterocycles. The molecule has 3 rings (SSSR count). The Bertz CT molecular complexity index is 973. The lowest BCUT2D eigenvalue weighted by molar-refractivity contribution is -0.137.